The van der Waals surface area contributed by atoms with Crippen LogP contribution in [0.5, 0.6) is 0 Å². The summed E-state index contributed by atoms with van der Waals surface area (Å²) >= 11 is 7.80. The first kappa shape index (κ1) is 14.3. The topological polar surface area (TPSA) is 12.0 Å². The SMILES string of the molecule is CC(C)NCC=Cc1ccc(-c2cccc(Cl)c2)s1. The van der Waals surface area contributed by atoms with Gasteiger partial charge in [0.1, 0.15) is 0 Å². The zero-order valence-corrected chi connectivity index (χ0v) is 12.8. The summed E-state index contributed by atoms with van der Waals surface area (Å²) in [4.78, 5) is 2.51. The minimum atomic E-state index is 0.523. The number of rotatable bonds is 5. The highest BCUT2D eigenvalue weighted by molar-refractivity contribution is 7.16. The molecule has 2 rings (SSSR count). The highest BCUT2D eigenvalue weighted by Gasteiger charge is 2.01. The fourth-order valence-corrected chi connectivity index (χ4v) is 2.84. The lowest BCUT2D eigenvalue weighted by atomic mass is 10.2. The van der Waals surface area contributed by atoms with E-state index in [4.69, 9.17) is 11.6 Å². The van der Waals surface area contributed by atoms with Gasteiger partial charge >= 0.3 is 0 Å². The third kappa shape index (κ3) is 4.50. The van der Waals surface area contributed by atoms with E-state index in [0.717, 1.165) is 11.6 Å². The molecule has 0 atom stereocenters. The Morgan fingerprint density at radius 1 is 1.26 bits per heavy atom. The molecule has 1 aromatic heterocycles. The van der Waals surface area contributed by atoms with Crippen LogP contribution < -0.4 is 5.32 Å². The van der Waals surface area contributed by atoms with E-state index in [1.54, 1.807) is 11.3 Å². The summed E-state index contributed by atoms with van der Waals surface area (Å²) in [6, 6.07) is 12.8. The van der Waals surface area contributed by atoms with Crippen molar-refractivity contribution in [1.29, 1.82) is 0 Å². The van der Waals surface area contributed by atoms with Crippen molar-refractivity contribution in [3.63, 3.8) is 0 Å². The lowest BCUT2D eigenvalue weighted by Gasteiger charge is -2.02. The quantitative estimate of drug-likeness (QED) is 0.810. The number of hydrogen-bond acceptors (Lipinski definition) is 2. The zero-order chi connectivity index (χ0) is 13.7. The van der Waals surface area contributed by atoms with Gasteiger partial charge in [-0.25, -0.2) is 0 Å². The molecule has 1 aromatic carbocycles. The molecule has 0 amide bonds. The van der Waals surface area contributed by atoms with E-state index < -0.39 is 0 Å². The van der Waals surface area contributed by atoms with Crippen molar-refractivity contribution in [2.75, 3.05) is 6.54 Å². The Balaban J connectivity index is 2.03. The van der Waals surface area contributed by atoms with Crippen molar-refractivity contribution in [1.82, 2.24) is 5.32 Å². The van der Waals surface area contributed by atoms with Crippen LogP contribution in [0.15, 0.2) is 42.5 Å². The van der Waals surface area contributed by atoms with Crippen molar-refractivity contribution >= 4 is 29.0 Å². The largest absolute Gasteiger partial charge is 0.311 e. The van der Waals surface area contributed by atoms with Gasteiger partial charge < -0.3 is 5.32 Å². The van der Waals surface area contributed by atoms with Crippen molar-refractivity contribution in [2.45, 2.75) is 19.9 Å². The monoisotopic (exact) mass is 291 g/mol. The second-order valence-corrected chi connectivity index (χ2v) is 6.23. The fraction of sp³-hybridized carbons (Fsp3) is 0.250. The molecular weight excluding hydrogens is 274 g/mol. The first-order chi connectivity index (χ1) is 9.15. The smallest absolute Gasteiger partial charge is 0.0412 e. The Bertz CT molecular complexity index is 557. The minimum Gasteiger partial charge on any atom is -0.311 e. The second-order valence-electron chi connectivity index (χ2n) is 4.68. The molecule has 0 saturated heterocycles. The third-order valence-electron chi connectivity index (χ3n) is 2.66. The van der Waals surface area contributed by atoms with Gasteiger partial charge in [-0.2, -0.15) is 0 Å². The van der Waals surface area contributed by atoms with Crippen molar-refractivity contribution in [2.24, 2.45) is 0 Å². The van der Waals surface area contributed by atoms with Crippen molar-refractivity contribution in [3.05, 3.63) is 52.4 Å². The predicted molar refractivity (Wildman–Crippen MR) is 86.9 cm³/mol. The fourth-order valence-electron chi connectivity index (χ4n) is 1.72. The van der Waals surface area contributed by atoms with Crippen LogP contribution in [0.2, 0.25) is 5.02 Å². The first-order valence-electron chi connectivity index (χ1n) is 6.41. The molecule has 19 heavy (non-hydrogen) atoms. The molecule has 0 unspecified atom stereocenters. The molecule has 1 nitrogen and oxygen atoms in total. The van der Waals surface area contributed by atoms with Gasteiger partial charge in [-0.05, 0) is 35.9 Å². The summed E-state index contributed by atoms with van der Waals surface area (Å²) in [5.41, 5.74) is 1.18. The lowest BCUT2D eigenvalue weighted by Crippen LogP contribution is -2.22. The Hall–Kier alpha value is -1.09. The van der Waals surface area contributed by atoms with E-state index in [-0.39, 0.29) is 0 Å². The molecule has 0 saturated carbocycles. The van der Waals surface area contributed by atoms with Crippen LogP contribution in [0, 0.1) is 0 Å². The molecule has 0 spiro atoms. The molecule has 0 radical (unpaired) electrons. The van der Waals surface area contributed by atoms with E-state index in [1.165, 1.54) is 15.3 Å². The Morgan fingerprint density at radius 3 is 2.84 bits per heavy atom. The maximum atomic E-state index is 6.02. The average molecular weight is 292 g/mol. The minimum absolute atomic E-state index is 0.523. The van der Waals surface area contributed by atoms with Gasteiger partial charge in [0.2, 0.25) is 0 Å². The van der Waals surface area contributed by atoms with Crippen molar-refractivity contribution < 1.29 is 0 Å². The van der Waals surface area contributed by atoms with E-state index in [9.17, 15) is 0 Å². The van der Waals surface area contributed by atoms with E-state index in [0.29, 0.717) is 6.04 Å². The number of nitrogens with one attached hydrogen (secondary N) is 1. The molecule has 2 aromatic rings. The molecule has 100 valence electrons. The van der Waals surface area contributed by atoms with Gasteiger partial charge in [0.05, 0.1) is 0 Å². The second kappa shape index (κ2) is 6.90. The van der Waals surface area contributed by atoms with E-state index in [2.05, 4.69) is 49.5 Å². The van der Waals surface area contributed by atoms with Gasteiger partial charge in [0.25, 0.3) is 0 Å². The number of thiophene rings is 1. The Labute approximate surface area is 123 Å². The van der Waals surface area contributed by atoms with Crippen LogP contribution in [-0.2, 0) is 0 Å². The average Bonchev–Trinajstić information content (AvgIpc) is 2.83. The zero-order valence-electron chi connectivity index (χ0n) is 11.2. The van der Waals surface area contributed by atoms with Gasteiger partial charge in [0, 0.05) is 27.4 Å². The number of halogens is 1. The van der Waals surface area contributed by atoms with E-state index >= 15 is 0 Å². The summed E-state index contributed by atoms with van der Waals surface area (Å²) in [6.07, 6.45) is 4.32. The van der Waals surface area contributed by atoms with Gasteiger partial charge in [0.15, 0.2) is 0 Å². The molecule has 0 fully saturated rings. The molecule has 1 N–H and O–H groups in total. The summed E-state index contributed by atoms with van der Waals surface area (Å²) in [5.74, 6) is 0. The summed E-state index contributed by atoms with van der Waals surface area (Å²) < 4.78 is 0. The molecule has 3 heteroatoms. The normalized spacial score (nSPS) is 11.6. The number of hydrogen-bond donors (Lipinski definition) is 1. The maximum Gasteiger partial charge on any atom is 0.0412 e. The molecular formula is C16H18ClNS. The Kier molecular flexibility index (Phi) is 5.20. The van der Waals surface area contributed by atoms with Crippen LogP contribution in [0.25, 0.3) is 16.5 Å². The molecule has 0 bridgehead atoms. The maximum absolute atomic E-state index is 6.02. The van der Waals surface area contributed by atoms with Crippen molar-refractivity contribution in [3.8, 4) is 10.4 Å². The summed E-state index contributed by atoms with van der Waals surface area (Å²) in [7, 11) is 0. The molecule has 1 heterocycles. The Morgan fingerprint density at radius 2 is 2.11 bits per heavy atom. The third-order valence-corrected chi connectivity index (χ3v) is 4.00. The predicted octanol–water partition coefficient (Wildman–Crippen LogP) is 5.08. The lowest BCUT2D eigenvalue weighted by molar-refractivity contribution is 0.633. The van der Waals surface area contributed by atoms with Gasteiger partial charge in [-0.3, -0.25) is 0 Å². The molecule has 0 aliphatic rings. The highest BCUT2D eigenvalue weighted by Crippen LogP contribution is 2.30. The summed E-state index contributed by atoms with van der Waals surface area (Å²) in [5, 5.41) is 4.14. The standard InChI is InChI=1S/C16H18ClNS/c1-12(2)18-10-4-7-15-8-9-16(19-15)13-5-3-6-14(17)11-13/h3-9,11-12,18H,10H2,1-2H3. The summed E-state index contributed by atoms with van der Waals surface area (Å²) in [6.45, 7) is 5.20. The van der Waals surface area contributed by atoms with Crippen LogP contribution >= 0.6 is 22.9 Å². The molecule has 0 aliphatic heterocycles. The van der Waals surface area contributed by atoms with Crippen LogP contribution in [0.3, 0.4) is 0 Å². The van der Waals surface area contributed by atoms with Crippen LogP contribution in [0.1, 0.15) is 18.7 Å². The van der Waals surface area contributed by atoms with Crippen LogP contribution in [-0.4, -0.2) is 12.6 Å². The first-order valence-corrected chi connectivity index (χ1v) is 7.60. The highest BCUT2D eigenvalue weighted by atomic mass is 35.5. The van der Waals surface area contributed by atoms with E-state index in [1.807, 2.05) is 18.2 Å². The van der Waals surface area contributed by atoms with Gasteiger partial charge in [-0.15, -0.1) is 11.3 Å². The number of benzene rings is 1. The van der Waals surface area contributed by atoms with Crippen LogP contribution in [0.4, 0.5) is 0 Å². The van der Waals surface area contributed by atoms with Gasteiger partial charge in [-0.1, -0.05) is 43.7 Å². The molecule has 0 aliphatic carbocycles.